The fourth-order valence-electron chi connectivity index (χ4n) is 3.56. The van der Waals surface area contributed by atoms with Crippen molar-refractivity contribution >= 4 is 28.4 Å². The van der Waals surface area contributed by atoms with Crippen molar-refractivity contribution in [2.75, 3.05) is 4.90 Å². The Morgan fingerprint density at radius 1 is 0.733 bits per heavy atom. The van der Waals surface area contributed by atoms with E-state index in [1.165, 1.54) is 38.6 Å². The van der Waals surface area contributed by atoms with Crippen LogP contribution < -0.4 is 4.90 Å². The molecule has 30 heavy (non-hydrogen) atoms. The smallest absolute Gasteiger partial charge is 0.0462 e. The van der Waals surface area contributed by atoms with E-state index in [-0.39, 0.29) is 5.41 Å². The third-order valence-corrected chi connectivity index (χ3v) is 6.47. The van der Waals surface area contributed by atoms with Gasteiger partial charge in [0, 0.05) is 21.9 Å². The minimum absolute atomic E-state index is 0.184. The van der Waals surface area contributed by atoms with Gasteiger partial charge in [-0.25, -0.2) is 0 Å². The predicted octanol–water partition coefficient (Wildman–Crippen LogP) is 8.74. The highest BCUT2D eigenvalue weighted by atomic mass is 32.1. The van der Waals surface area contributed by atoms with Crippen LogP contribution >= 0.6 is 11.3 Å². The number of nitrogens with zero attached hydrogens (tertiary/aromatic N) is 1. The molecule has 0 fully saturated rings. The van der Waals surface area contributed by atoms with Gasteiger partial charge in [-0.3, -0.25) is 0 Å². The Morgan fingerprint density at radius 2 is 1.30 bits per heavy atom. The van der Waals surface area contributed by atoms with Gasteiger partial charge in [0.05, 0.1) is 0 Å². The fourth-order valence-corrected chi connectivity index (χ4v) is 4.70. The number of rotatable bonds is 5. The summed E-state index contributed by atoms with van der Waals surface area (Å²) in [5.74, 6) is 0. The first kappa shape index (κ1) is 20.4. The van der Waals surface area contributed by atoms with E-state index in [1.807, 2.05) is 11.3 Å². The molecule has 4 rings (SSSR count). The van der Waals surface area contributed by atoms with Crippen LogP contribution in [0.15, 0.2) is 90.3 Å². The Kier molecular flexibility index (Phi) is 5.78. The molecule has 0 saturated carbocycles. The van der Waals surface area contributed by atoms with Crippen molar-refractivity contribution in [3.63, 3.8) is 0 Å². The second-order valence-electron chi connectivity index (χ2n) is 8.69. The lowest BCUT2D eigenvalue weighted by Crippen LogP contribution is -2.09. The average Bonchev–Trinajstić information content (AvgIpc) is 3.27. The second-order valence-corrected chi connectivity index (χ2v) is 9.60. The largest absolute Gasteiger partial charge is 0.311 e. The van der Waals surface area contributed by atoms with Crippen LogP contribution in [0.4, 0.5) is 17.1 Å². The van der Waals surface area contributed by atoms with Crippen molar-refractivity contribution in [1.82, 2.24) is 0 Å². The van der Waals surface area contributed by atoms with Gasteiger partial charge in [-0.15, -0.1) is 11.3 Å². The SMILES string of the molecule is CCc1ccc(N(c2ccccc2)c2ccc(-c3cc(C(C)(C)C)cs3)cc2)cc1. The Balaban J connectivity index is 1.70. The molecule has 0 amide bonds. The van der Waals surface area contributed by atoms with Gasteiger partial charge in [-0.1, -0.05) is 70.2 Å². The standard InChI is InChI=1S/C28H29NS/c1-5-21-11-15-25(16-12-21)29(24-9-7-6-8-10-24)26-17-13-22(14-18-26)27-19-23(20-30-27)28(2,3)4/h6-20H,5H2,1-4H3. The van der Waals surface area contributed by atoms with E-state index in [0.717, 1.165) is 6.42 Å². The maximum Gasteiger partial charge on any atom is 0.0462 e. The van der Waals surface area contributed by atoms with Crippen molar-refractivity contribution in [3.8, 4) is 10.4 Å². The van der Waals surface area contributed by atoms with Crippen LogP contribution in [0.2, 0.25) is 0 Å². The summed E-state index contributed by atoms with van der Waals surface area (Å²) in [6, 6.07) is 30.7. The maximum absolute atomic E-state index is 2.33. The molecule has 0 saturated heterocycles. The summed E-state index contributed by atoms with van der Waals surface area (Å²) in [7, 11) is 0. The number of hydrogen-bond donors (Lipinski definition) is 0. The summed E-state index contributed by atoms with van der Waals surface area (Å²) in [6.45, 7) is 8.99. The highest BCUT2D eigenvalue weighted by molar-refractivity contribution is 7.13. The van der Waals surface area contributed by atoms with Crippen LogP contribution in [-0.4, -0.2) is 0 Å². The number of hydrogen-bond acceptors (Lipinski definition) is 2. The molecule has 0 N–H and O–H groups in total. The summed E-state index contributed by atoms with van der Waals surface area (Å²) >= 11 is 1.83. The molecule has 0 unspecified atom stereocenters. The first-order chi connectivity index (χ1) is 14.5. The van der Waals surface area contributed by atoms with Gasteiger partial charge in [0.1, 0.15) is 0 Å². The average molecular weight is 412 g/mol. The van der Waals surface area contributed by atoms with Crippen molar-refractivity contribution in [2.24, 2.45) is 0 Å². The molecule has 2 heteroatoms. The highest BCUT2D eigenvalue weighted by Gasteiger charge is 2.17. The van der Waals surface area contributed by atoms with Gasteiger partial charge in [0.15, 0.2) is 0 Å². The number of para-hydroxylation sites is 1. The summed E-state index contributed by atoms with van der Waals surface area (Å²) in [4.78, 5) is 3.64. The first-order valence-corrected chi connectivity index (χ1v) is 11.5. The molecule has 4 aromatic rings. The minimum atomic E-state index is 0.184. The van der Waals surface area contributed by atoms with Crippen molar-refractivity contribution < 1.29 is 0 Å². The summed E-state index contributed by atoms with van der Waals surface area (Å²) in [5.41, 5.74) is 7.72. The van der Waals surface area contributed by atoms with Gasteiger partial charge < -0.3 is 4.90 Å². The van der Waals surface area contributed by atoms with Gasteiger partial charge >= 0.3 is 0 Å². The lowest BCUT2D eigenvalue weighted by atomic mass is 9.89. The number of thiophene rings is 1. The van der Waals surface area contributed by atoms with Gasteiger partial charge in [-0.2, -0.15) is 0 Å². The third kappa shape index (κ3) is 4.34. The monoisotopic (exact) mass is 411 g/mol. The Bertz CT molecular complexity index is 1080. The first-order valence-electron chi connectivity index (χ1n) is 10.6. The Hall–Kier alpha value is -2.84. The van der Waals surface area contributed by atoms with Crippen molar-refractivity contribution in [3.05, 3.63) is 101 Å². The topological polar surface area (TPSA) is 3.24 Å². The van der Waals surface area contributed by atoms with Crippen LogP contribution in [0.5, 0.6) is 0 Å². The van der Waals surface area contributed by atoms with Crippen molar-refractivity contribution in [2.45, 2.75) is 39.5 Å². The van der Waals surface area contributed by atoms with Gasteiger partial charge in [0.25, 0.3) is 0 Å². The van der Waals surface area contributed by atoms with E-state index in [9.17, 15) is 0 Å². The zero-order chi connectivity index (χ0) is 21.1. The predicted molar refractivity (Wildman–Crippen MR) is 133 cm³/mol. The molecule has 0 aliphatic carbocycles. The zero-order valence-corrected chi connectivity index (χ0v) is 19.0. The molecule has 0 aliphatic rings. The number of benzene rings is 3. The van der Waals surface area contributed by atoms with Crippen LogP contribution in [-0.2, 0) is 11.8 Å². The molecule has 1 heterocycles. The van der Waals surface area contributed by atoms with Gasteiger partial charge in [-0.05, 0) is 76.4 Å². The lowest BCUT2D eigenvalue weighted by Gasteiger charge is -2.25. The van der Waals surface area contributed by atoms with E-state index < -0.39 is 0 Å². The molecule has 1 nitrogen and oxygen atoms in total. The molecule has 1 aromatic heterocycles. The van der Waals surface area contributed by atoms with E-state index in [1.54, 1.807) is 0 Å². The fraction of sp³-hybridized carbons (Fsp3) is 0.214. The van der Waals surface area contributed by atoms with E-state index in [0.29, 0.717) is 0 Å². The summed E-state index contributed by atoms with van der Waals surface area (Å²) in [6.07, 6.45) is 1.05. The molecule has 0 bridgehead atoms. The molecular formula is C28H29NS. The van der Waals surface area contributed by atoms with Crippen molar-refractivity contribution in [1.29, 1.82) is 0 Å². The van der Waals surface area contributed by atoms with Crippen LogP contribution in [0.1, 0.15) is 38.8 Å². The molecule has 3 aromatic carbocycles. The maximum atomic E-state index is 2.33. The normalized spacial score (nSPS) is 11.5. The van der Waals surface area contributed by atoms with Crippen LogP contribution in [0.3, 0.4) is 0 Å². The molecule has 0 atom stereocenters. The molecule has 0 radical (unpaired) electrons. The molecule has 0 spiro atoms. The minimum Gasteiger partial charge on any atom is -0.311 e. The van der Waals surface area contributed by atoms with Gasteiger partial charge in [0.2, 0.25) is 0 Å². The van der Waals surface area contributed by atoms with E-state index >= 15 is 0 Å². The summed E-state index contributed by atoms with van der Waals surface area (Å²) < 4.78 is 0. The number of anilines is 3. The van der Waals surface area contributed by atoms with Crippen LogP contribution in [0, 0.1) is 0 Å². The number of aryl methyl sites for hydroxylation is 1. The van der Waals surface area contributed by atoms with E-state index in [2.05, 4.69) is 123 Å². The second kappa shape index (κ2) is 8.49. The Morgan fingerprint density at radius 3 is 1.83 bits per heavy atom. The third-order valence-electron chi connectivity index (χ3n) is 5.49. The van der Waals surface area contributed by atoms with Crippen LogP contribution in [0.25, 0.3) is 10.4 Å². The lowest BCUT2D eigenvalue weighted by molar-refractivity contribution is 0.593. The molecular weight excluding hydrogens is 382 g/mol. The quantitative estimate of drug-likeness (QED) is 0.317. The molecule has 0 aliphatic heterocycles. The zero-order valence-electron chi connectivity index (χ0n) is 18.2. The van der Waals surface area contributed by atoms with E-state index in [4.69, 9.17) is 0 Å². The summed E-state index contributed by atoms with van der Waals surface area (Å²) in [5, 5.41) is 2.29. The Labute approximate surface area is 184 Å². The molecule has 152 valence electrons. The highest BCUT2D eigenvalue weighted by Crippen LogP contribution is 2.37.